The second-order valence-corrected chi connectivity index (χ2v) is 29.1. The van der Waals surface area contributed by atoms with Crippen molar-refractivity contribution < 1.29 is 0 Å². The summed E-state index contributed by atoms with van der Waals surface area (Å²) in [6.45, 7) is 11.9. The van der Waals surface area contributed by atoms with Gasteiger partial charge in [-0.3, -0.25) is 0 Å². The summed E-state index contributed by atoms with van der Waals surface area (Å²) in [5.41, 5.74) is 15.1. The summed E-state index contributed by atoms with van der Waals surface area (Å²) < 4.78 is 0. The van der Waals surface area contributed by atoms with Gasteiger partial charge >= 0.3 is 0 Å². The summed E-state index contributed by atoms with van der Waals surface area (Å²) >= 11 is 0. The second-order valence-electron chi connectivity index (χ2n) is 29.1. The molecular formula is C120H92. The van der Waals surface area contributed by atoms with Crippen LogP contribution in [0.2, 0.25) is 0 Å². The summed E-state index contributed by atoms with van der Waals surface area (Å²) in [7, 11) is 0. The summed E-state index contributed by atoms with van der Waals surface area (Å²) in [6, 6.07) is 169. The second kappa shape index (κ2) is 40.6. The maximum Gasteiger partial charge on any atom is -0.00268 e. The molecular weight excluding hydrogens is 1440 g/mol. The fourth-order valence-corrected chi connectivity index (χ4v) is 15.3. The number of fused-ring (bicyclic) bond motifs is 8. The molecule has 21 rings (SSSR count). The molecule has 0 bridgehead atoms. The van der Waals surface area contributed by atoms with Crippen LogP contribution in [0.25, 0.3) is 125 Å². The predicted molar refractivity (Wildman–Crippen MR) is 525 cm³/mol. The van der Waals surface area contributed by atoms with Gasteiger partial charge in [0, 0.05) is 0 Å². The van der Waals surface area contributed by atoms with Crippen LogP contribution >= 0.6 is 0 Å². The molecule has 0 atom stereocenters. The summed E-state index contributed by atoms with van der Waals surface area (Å²) in [5, 5.41) is 24.0. The topological polar surface area (TPSA) is 0 Å². The Morgan fingerprint density at radius 1 is 0.158 bits per heavy atom. The molecule has 0 aromatic heterocycles. The molecule has 0 unspecified atom stereocenters. The van der Waals surface area contributed by atoms with Crippen molar-refractivity contribution in [2.75, 3.05) is 0 Å². The molecule has 0 spiro atoms. The molecule has 572 valence electrons. The average Bonchev–Trinajstić information content (AvgIpc) is 0.638. The fraction of sp³-hybridized carbons (Fsp3) is 0. The lowest BCUT2D eigenvalue weighted by molar-refractivity contribution is 1.53. The lowest BCUT2D eigenvalue weighted by atomic mass is 9.94. The van der Waals surface area contributed by atoms with E-state index in [0.29, 0.717) is 0 Å². The van der Waals surface area contributed by atoms with Gasteiger partial charge in [-0.05, 0) is 181 Å². The maximum atomic E-state index is 4.10. The Bertz CT molecular complexity index is 6420. The van der Waals surface area contributed by atoms with Gasteiger partial charge in [-0.15, -0.1) is 0 Å². The Morgan fingerprint density at radius 3 is 0.633 bits per heavy atom. The number of hydrogen-bond acceptors (Lipinski definition) is 0. The van der Waals surface area contributed by atoms with Gasteiger partial charge in [0.1, 0.15) is 0 Å². The molecule has 0 saturated heterocycles. The molecule has 0 fully saturated rings. The average molecular weight is 1530 g/mol. The van der Waals surface area contributed by atoms with Gasteiger partial charge in [-0.1, -0.05) is 529 Å². The monoisotopic (exact) mass is 1530 g/mol. The zero-order valence-corrected chi connectivity index (χ0v) is 67.3. The highest BCUT2D eigenvalue weighted by Gasteiger charge is 2.11. The summed E-state index contributed by atoms with van der Waals surface area (Å²) in [4.78, 5) is 0. The van der Waals surface area contributed by atoms with E-state index in [1.807, 2.05) is 60.7 Å². The largest absolute Gasteiger partial charge is 0.0991 e. The number of allylic oxidation sites excluding steroid dienone is 8. The van der Waals surface area contributed by atoms with Crippen molar-refractivity contribution in [2.45, 2.75) is 0 Å². The number of hydrogen-bond donors (Lipinski definition) is 0. The molecule has 21 aromatic carbocycles. The van der Waals surface area contributed by atoms with E-state index in [1.54, 1.807) is 6.08 Å². The Kier molecular flexibility index (Phi) is 26.9. The van der Waals surface area contributed by atoms with Crippen molar-refractivity contribution in [2.24, 2.45) is 0 Å². The third-order valence-electron chi connectivity index (χ3n) is 21.4. The van der Waals surface area contributed by atoms with E-state index in [-0.39, 0.29) is 0 Å². The maximum absolute atomic E-state index is 4.10. The van der Waals surface area contributed by atoms with E-state index in [0.717, 1.165) is 22.3 Å². The van der Waals surface area contributed by atoms with Gasteiger partial charge in [0.05, 0.1) is 0 Å². The highest BCUT2D eigenvalue weighted by Crippen LogP contribution is 2.36. The number of rotatable bonds is 12. The first-order valence-electron chi connectivity index (χ1n) is 40.8. The Balaban J connectivity index is 0.000000111. The minimum absolute atomic E-state index is 0.979. The van der Waals surface area contributed by atoms with E-state index in [9.17, 15) is 0 Å². The highest BCUT2D eigenvalue weighted by atomic mass is 14.2. The molecule has 0 aliphatic rings. The normalized spacial score (nSPS) is 10.6. The molecule has 0 saturated carbocycles. The Morgan fingerprint density at radius 2 is 0.367 bits per heavy atom. The van der Waals surface area contributed by atoms with Crippen molar-refractivity contribution in [3.63, 3.8) is 0 Å². The van der Waals surface area contributed by atoms with Crippen LogP contribution in [0.1, 0.15) is 44.5 Å². The van der Waals surface area contributed by atoms with Gasteiger partial charge in [-0.25, -0.2) is 0 Å². The molecule has 0 heterocycles. The fourth-order valence-electron chi connectivity index (χ4n) is 15.3. The van der Waals surface area contributed by atoms with Crippen LogP contribution in [0.5, 0.6) is 0 Å². The van der Waals surface area contributed by atoms with Crippen LogP contribution in [0.4, 0.5) is 0 Å². The van der Waals surface area contributed by atoms with E-state index < -0.39 is 0 Å². The first kappa shape index (κ1) is 79.6. The quantitative estimate of drug-likeness (QED) is 0.0650. The highest BCUT2D eigenvalue weighted by molar-refractivity contribution is 6.23. The molecule has 0 nitrogen and oxygen atoms in total. The van der Waals surface area contributed by atoms with Gasteiger partial charge in [0.2, 0.25) is 0 Å². The molecule has 120 heavy (non-hydrogen) atoms. The van der Waals surface area contributed by atoms with Crippen LogP contribution < -0.4 is 0 Å². The Labute approximate surface area is 705 Å². The van der Waals surface area contributed by atoms with Gasteiger partial charge in [-0.2, -0.15) is 0 Å². The van der Waals surface area contributed by atoms with Crippen molar-refractivity contribution in [3.8, 4) is 0 Å². The predicted octanol–water partition coefficient (Wildman–Crippen LogP) is 33.1. The van der Waals surface area contributed by atoms with Gasteiger partial charge < -0.3 is 0 Å². The molecule has 0 amide bonds. The van der Waals surface area contributed by atoms with E-state index in [1.165, 1.54) is 147 Å². The Hall–Kier alpha value is -15.6. The summed E-state index contributed by atoms with van der Waals surface area (Å²) in [6.07, 6.45) is 12.3. The number of benzene rings is 21. The molecule has 0 aliphatic carbocycles. The molecule has 0 aliphatic heterocycles. The first-order valence-corrected chi connectivity index (χ1v) is 40.8. The first-order chi connectivity index (χ1) is 59.4. The lowest BCUT2D eigenvalue weighted by Crippen LogP contribution is -1.89. The molecule has 0 N–H and O–H groups in total. The molecule has 21 aromatic rings. The SMILES string of the molecule is C(C=C(c1ccccc1)c1ccccc1)=C(c1ccccc1)c1ccccc1.C=C(C(=C)c1ccccc1)c1ccccc1.C=CC=CC=C(c1ccccc1)c1ccccc1.c1cc2ccc3cccc4ccc(c1)c2c34.c1ccc2c(c1)ccc1c3ccccc3ccc21.c1ccc2cc3ccccc3cc2c1.c1ccc2ccccc2c1. The smallest absolute Gasteiger partial charge is 0.00268 e. The zero-order chi connectivity index (χ0) is 81.7. The van der Waals surface area contributed by atoms with Crippen LogP contribution in [0, 0.1) is 0 Å². The van der Waals surface area contributed by atoms with Crippen LogP contribution in [0.15, 0.2) is 542 Å². The third-order valence-corrected chi connectivity index (χ3v) is 21.4. The van der Waals surface area contributed by atoms with Crippen molar-refractivity contribution in [3.05, 3.63) is 586 Å². The summed E-state index contributed by atoms with van der Waals surface area (Å²) in [5.74, 6) is 0. The van der Waals surface area contributed by atoms with Crippen molar-refractivity contribution in [1.82, 2.24) is 0 Å². The third kappa shape index (κ3) is 20.2. The molecule has 0 radical (unpaired) electrons. The van der Waals surface area contributed by atoms with Crippen LogP contribution in [-0.2, 0) is 0 Å². The minimum atomic E-state index is 0.979. The van der Waals surface area contributed by atoms with Crippen molar-refractivity contribution in [1.29, 1.82) is 0 Å². The van der Waals surface area contributed by atoms with E-state index in [2.05, 4.69) is 475 Å². The molecule has 0 heteroatoms. The van der Waals surface area contributed by atoms with E-state index in [4.69, 9.17) is 0 Å². The van der Waals surface area contributed by atoms with Crippen molar-refractivity contribution >= 4 is 125 Å². The lowest BCUT2D eigenvalue weighted by Gasteiger charge is -2.10. The zero-order valence-electron chi connectivity index (χ0n) is 67.3. The minimum Gasteiger partial charge on any atom is -0.0991 e. The van der Waals surface area contributed by atoms with Gasteiger partial charge in [0.15, 0.2) is 0 Å². The van der Waals surface area contributed by atoms with Gasteiger partial charge in [0.25, 0.3) is 0 Å². The van der Waals surface area contributed by atoms with Crippen LogP contribution in [0.3, 0.4) is 0 Å². The standard InChI is InChI=1S/C28H22.C18H12.C18H16.C16H10.C16H14.C14H10.C10H8/c1-5-13-23(14-6-1)27(24-15-7-2-8-16-24)21-22-28(25-17-9-3-10-18-25)26-19-11-4-12-20-26;1-3-7-15-13(5-1)9-11-18-16-8-4-2-6-14(16)10-12-17(15)18;1-2-3-6-15-18(16-11-7-4-8-12-16)17-13-9-5-10-14-17;1-3-11-7-9-13-5-2-6-14-10-8-12(4-1)15(11)16(13)14;1-13(15-9-5-3-6-10-15)14(2)16-11-7-4-8-12-16;1-2-6-12-10-14-8-4-3-7-13(14)9-11(12)5-1;1-2-6-10-8-4-3-7-9(10)5-1/h1-22H;1-12H;2-15H,1H2;1-10H;3-12H,1-2H2;1-10H;1-8H. The van der Waals surface area contributed by atoms with Crippen LogP contribution in [-0.4, -0.2) is 0 Å². The van der Waals surface area contributed by atoms with E-state index >= 15 is 0 Å².